The van der Waals surface area contributed by atoms with Gasteiger partial charge in [0.25, 0.3) is 0 Å². The SMILES string of the molecule is Cc1cc2c(c(NC(C(N)=O)c3c(Cl)cccc3Cl)c1)C(=O)CC2. The van der Waals surface area contributed by atoms with E-state index in [1.165, 1.54) is 0 Å². The first-order valence-corrected chi connectivity index (χ1v) is 8.30. The number of ketones is 1. The zero-order valence-electron chi connectivity index (χ0n) is 13.0. The number of benzene rings is 2. The van der Waals surface area contributed by atoms with Crippen molar-refractivity contribution >= 4 is 40.6 Å². The molecule has 0 heterocycles. The van der Waals surface area contributed by atoms with Crippen molar-refractivity contribution in [2.75, 3.05) is 5.32 Å². The number of carbonyl (C=O) groups is 2. The molecule has 1 amide bonds. The fourth-order valence-corrected chi connectivity index (χ4v) is 3.72. The van der Waals surface area contributed by atoms with Crippen molar-refractivity contribution in [3.05, 3.63) is 62.6 Å². The summed E-state index contributed by atoms with van der Waals surface area (Å²) in [5.74, 6) is -0.563. The number of amides is 1. The Kier molecular flexibility index (Phi) is 4.52. The number of Topliss-reactive ketones (excluding diaryl/α,β-unsaturated/α-hetero) is 1. The molecule has 0 spiro atoms. The third-order valence-corrected chi connectivity index (χ3v) is 4.80. The molecule has 1 atom stereocenters. The third kappa shape index (κ3) is 2.99. The maximum absolute atomic E-state index is 12.2. The van der Waals surface area contributed by atoms with Gasteiger partial charge in [-0.2, -0.15) is 0 Å². The van der Waals surface area contributed by atoms with Gasteiger partial charge in [0.2, 0.25) is 5.91 Å². The van der Waals surface area contributed by atoms with Crippen molar-refractivity contribution in [2.45, 2.75) is 25.8 Å². The molecule has 3 rings (SSSR count). The van der Waals surface area contributed by atoms with Gasteiger partial charge in [0.1, 0.15) is 6.04 Å². The topological polar surface area (TPSA) is 72.2 Å². The van der Waals surface area contributed by atoms with Gasteiger partial charge in [-0.15, -0.1) is 0 Å². The number of rotatable bonds is 4. The van der Waals surface area contributed by atoms with Gasteiger partial charge in [-0.05, 0) is 42.7 Å². The van der Waals surface area contributed by atoms with Crippen molar-refractivity contribution in [1.82, 2.24) is 0 Å². The van der Waals surface area contributed by atoms with Gasteiger partial charge in [-0.1, -0.05) is 35.3 Å². The van der Waals surface area contributed by atoms with E-state index in [1.807, 2.05) is 19.1 Å². The van der Waals surface area contributed by atoms with Crippen LogP contribution in [0.5, 0.6) is 0 Å². The quantitative estimate of drug-likeness (QED) is 0.860. The minimum Gasteiger partial charge on any atom is -0.369 e. The first kappa shape index (κ1) is 16.8. The first-order chi connectivity index (χ1) is 11.4. The van der Waals surface area contributed by atoms with Crippen LogP contribution in [0.25, 0.3) is 0 Å². The minimum atomic E-state index is -0.925. The Bertz CT molecular complexity index is 829. The van der Waals surface area contributed by atoms with Crippen LogP contribution in [0, 0.1) is 6.92 Å². The number of fused-ring (bicyclic) bond motifs is 1. The normalized spacial score (nSPS) is 14.4. The smallest absolute Gasteiger partial charge is 0.244 e. The molecule has 6 heteroatoms. The standard InChI is InChI=1S/C18H16Cl2N2O2/c1-9-7-10-5-6-14(23)15(10)13(8-9)22-17(18(21)24)16-11(19)3-2-4-12(16)20/h2-4,7-8,17,22H,5-6H2,1H3,(H2,21,24). The van der Waals surface area contributed by atoms with Crippen LogP contribution < -0.4 is 11.1 Å². The zero-order valence-corrected chi connectivity index (χ0v) is 14.5. The van der Waals surface area contributed by atoms with Crippen molar-refractivity contribution in [2.24, 2.45) is 5.73 Å². The van der Waals surface area contributed by atoms with Crippen LogP contribution in [-0.4, -0.2) is 11.7 Å². The van der Waals surface area contributed by atoms with E-state index < -0.39 is 11.9 Å². The van der Waals surface area contributed by atoms with Crippen molar-refractivity contribution in [1.29, 1.82) is 0 Å². The van der Waals surface area contributed by atoms with E-state index in [0.29, 0.717) is 39.7 Å². The monoisotopic (exact) mass is 362 g/mol. The summed E-state index contributed by atoms with van der Waals surface area (Å²) < 4.78 is 0. The fourth-order valence-electron chi connectivity index (χ4n) is 3.10. The lowest BCUT2D eigenvalue weighted by Gasteiger charge is -2.21. The van der Waals surface area contributed by atoms with E-state index in [2.05, 4.69) is 5.32 Å². The molecule has 3 N–H and O–H groups in total. The van der Waals surface area contributed by atoms with E-state index in [0.717, 1.165) is 11.1 Å². The number of halogens is 2. The number of anilines is 1. The van der Waals surface area contributed by atoms with Gasteiger partial charge in [0.05, 0.1) is 0 Å². The van der Waals surface area contributed by atoms with E-state index in [-0.39, 0.29) is 5.78 Å². The lowest BCUT2D eigenvalue weighted by Crippen LogP contribution is -2.29. The molecular weight excluding hydrogens is 347 g/mol. The lowest BCUT2D eigenvalue weighted by atomic mass is 10.0. The van der Waals surface area contributed by atoms with Crippen LogP contribution in [0.2, 0.25) is 10.0 Å². The number of carbonyl (C=O) groups excluding carboxylic acids is 2. The number of hydrogen-bond donors (Lipinski definition) is 2. The van der Waals surface area contributed by atoms with Crippen LogP contribution in [0.3, 0.4) is 0 Å². The van der Waals surface area contributed by atoms with E-state index in [4.69, 9.17) is 28.9 Å². The van der Waals surface area contributed by atoms with E-state index in [9.17, 15) is 9.59 Å². The summed E-state index contributed by atoms with van der Waals surface area (Å²) in [6.45, 7) is 1.94. The van der Waals surface area contributed by atoms with Gasteiger partial charge in [0, 0.05) is 33.3 Å². The largest absolute Gasteiger partial charge is 0.369 e. The van der Waals surface area contributed by atoms with Gasteiger partial charge < -0.3 is 11.1 Å². The summed E-state index contributed by atoms with van der Waals surface area (Å²) in [7, 11) is 0. The molecule has 0 radical (unpaired) electrons. The van der Waals surface area contributed by atoms with Crippen LogP contribution in [0.4, 0.5) is 5.69 Å². The second kappa shape index (κ2) is 6.46. The second-order valence-corrected chi connectivity index (χ2v) is 6.70. The van der Waals surface area contributed by atoms with Crippen LogP contribution in [-0.2, 0) is 11.2 Å². The van der Waals surface area contributed by atoms with Gasteiger partial charge in [0.15, 0.2) is 5.78 Å². The highest BCUT2D eigenvalue weighted by molar-refractivity contribution is 6.36. The number of nitrogens with one attached hydrogen (secondary N) is 1. The molecule has 0 saturated carbocycles. The Balaban J connectivity index is 2.08. The second-order valence-electron chi connectivity index (χ2n) is 5.88. The van der Waals surface area contributed by atoms with Crippen LogP contribution in [0.15, 0.2) is 30.3 Å². The average Bonchev–Trinajstić information content (AvgIpc) is 2.86. The summed E-state index contributed by atoms with van der Waals surface area (Å²) in [6, 6.07) is 7.89. The molecule has 0 fully saturated rings. The maximum atomic E-state index is 12.2. The molecule has 0 aromatic heterocycles. The number of nitrogens with two attached hydrogens (primary N) is 1. The molecule has 24 heavy (non-hydrogen) atoms. The number of primary amides is 1. The lowest BCUT2D eigenvalue weighted by molar-refractivity contribution is -0.118. The van der Waals surface area contributed by atoms with Gasteiger partial charge in [-0.3, -0.25) is 9.59 Å². The molecule has 2 aromatic rings. The van der Waals surface area contributed by atoms with Crippen molar-refractivity contribution in [3.63, 3.8) is 0 Å². The Hall–Kier alpha value is -2.04. The highest BCUT2D eigenvalue weighted by Gasteiger charge is 2.28. The van der Waals surface area contributed by atoms with E-state index >= 15 is 0 Å². The molecule has 2 aromatic carbocycles. The Labute approximate surface area is 149 Å². The first-order valence-electron chi connectivity index (χ1n) is 7.55. The molecule has 1 unspecified atom stereocenters. The molecule has 124 valence electrons. The number of hydrogen-bond acceptors (Lipinski definition) is 3. The molecule has 0 bridgehead atoms. The molecule has 1 aliphatic rings. The average molecular weight is 363 g/mol. The summed E-state index contributed by atoms with van der Waals surface area (Å²) in [5.41, 5.74) is 9.17. The fraction of sp³-hybridized carbons (Fsp3) is 0.222. The Morgan fingerprint density at radius 1 is 1.21 bits per heavy atom. The Morgan fingerprint density at radius 3 is 2.50 bits per heavy atom. The predicted molar refractivity (Wildman–Crippen MR) is 95.9 cm³/mol. The Morgan fingerprint density at radius 2 is 1.88 bits per heavy atom. The molecule has 4 nitrogen and oxygen atoms in total. The van der Waals surface area contributed by atoms with Gasteiger partial charge in [-0.25, -0.2) is 0 Å². The van der Waals surface area contributed by atoms with Gasteiger partial charge >= 0.3 is 0 Å². The molecule has 1 aliphatic carbocycles. The minimum absolute atomic E-state index is 0.0565. The molecule has 0 aliphatic heterocycles. The summed E-state index contributed by atoms with van der Waals surface area (Å²) in [5, 5.41) is 3.77. The van der Waals surface area contributed by atoms with E-state index in [1.54, 1.807) is 18.2 Å². The third-order valence-electron chi connectivity index (χ3n) is 4.14. The highest BCUT2D eigenvalue weighted by atomic mass is 35.5. The molecular formula is C18H16Cl2N2O2. The number of aryl methyl sites for hydroxylation is 2. The van der Waals surface area contributed by atoms with Crippen molar-refractivity contribution in [3.8, 4) is 0 Å². The predicted octanol–water partition coefficient (Wildman–Crippen LogP) is 4.07. The summed E-state index contributed by atoms with van der Waals surface area (Å²) >= 11 is 12.4. The molecule has 0 saturated heterocycles. The summed E-state index contributed by atoms with van der Waals surface area (Å²) in [6.07, 6.45) is 1.18. The highest BCUT2D eigenvalue weighted by Crippen LogP contribution is 2.36. The van der Waals surface area contributed by atoms with Crippen LogP contribution >= 0.6 is 23.2 Å². The van der Waals surface area contributed by atoms with Crippen LogP contribution in [0.1, 0.15) is 39.5 Å². The zero-order chi connectivity index (χ0) is 17.4. The summed E-state index contributed by atoms with van der Waals surface area (Å²) in [4.78, 5) is 24.2. The maximum Gasteiger partial charge on any atom is 0.244 e. The van der Waals surface area contributed by atoms with Crippen molar-refractivity contribution < 1.29 is 9.59 Å².